The number of benzene rings is 1. The third-order valence-corrected chi connectivity index (χ3v) is 7.46. The van der Waals surface area contributed by atoms with E-state index in [9.17, 15) is 23.6 Å². The van der Waals surface area contributed by atoms with Crippen molar-refractivity contribution in [2.45, 2.75) is 87.7 Å². The van der Waals surface area contributed by atoms with Crippen molar-refractivity contribution in [1.29, 1.82) is 0 Å². The summed E-state index contributed by atoms with van der Waals surface area (Å²) in [6.45, 7) is 6.84. The summed E-state index contributed by atoms with van der Waals surface area (Å²) in [5, 5.41) is 22.4. The molecule has 11 heteroatoms. The van der Waals surface area contributed by atoms with Crippen LogP contribution in [0.1, 0.15) is 39.2 Å². The molecule has 3 heterocycles. The first-order chi connectivity index (χ1) is 14.4. The molecule has 0 unspecified atom stereocenters. The van der Waals surface area contributed by atoms with Crippen molar-refractivity contribution in [3.05, 3.63) is 39.9 Å². The number of fused-ring (bicyclic) bond motifs is 3. The van der Waals surface area contributed by atoms with Gasteiger partial charge in [0, 0.05) is 17.8 Å². The Hall–Kier alpha value is -2.08. The first-order valence-corrected chi connectivity index (χ1v) is 11.7. The van der Waals surface area contributed by atoms with Gasteiger partial charge in [0.05, 0.1) is 17.0 Å². The first kappa shape index (κ1) is 22.1. The molecule has 0 radical (unpaired) electrons. The molecule has 4 rings (SSSR count). The van der Waals surface area contributed by atoms with E-state index in [0.29, 0.717) is 0 Å². The zero-order chi connectivity index (χ0) is 22.7. The van der Waals surface area contributed by atoms with Crippen LogP contribution in [0.5, 0.6) is 0 Å². The number of piperidine rings is 1. The van der Waals surface area contributed by atoms with E-state index >= 15 is 0 Å². The van der Waals surface area contributed by atoms with Gasteiger partial charge in [0.15, 0.2) is 5.79 Å². The summed E-state index contributed by atoms with van der Waals surface area (Å²) in [5.41, 5.74) is 0.914. The second kappa shape index (κ2) is 7.51. The fraction of sp³-hybridized carbons (Fsp3) is 0.650. The molecule has 1 aromatic rings. The second-order valence-electron chi connectivity index (χ2n) is 8.88. The molecule has 0 aromatic heterocycles. The maximum absolute atomic E-state index is 13.0. The van der Waals surface area contributed by atoms with E-state index in [1.165, 1.54) is 12.1 Å². The van der Waals surface area contributed by atoms with Gasteiger partial charge < -0.3 is 19.5 Å². The highest BCUT2D eigenvalue weighted by atomic mass is 32.2. The number of aryl methyl sites for hydroxylation is 1. The van der Waals surface area contributed by atoms with E-state index < -0.39 is 52.2 Å². The highest BCUT2D eigenvalue weighted by Gasteiger charge is 2.65. The number of rotatable bonds is 4. The Morgan fingerprint density at radius 3 is 2.45 bits per heavy atom. The van der Waals surface area contributed by atoms with Crippen LogP contribution in [0.2, 0.25) is 0 Å². The van der Waals surface area contributed by atoms with E-state index in [2.05, 4.69) is 4.40 Å². The van der Waals surface area contributed by atoms with Crippen LogP contribution in [0, 0.1) is 17.0 Å². The summed E-state index contributed by atoms with van der Waals surface area (Å²) in [4.78, 5) is 13.1. The van der Waals surface area contributed by atoms with Gasteiger partial charge in [-0.3, -0.25) is 10.1 Å². The minimum atomic E-state index is -4.04. The molecule has 0 aliphatic carbocycles. The Bertz CT molecular complexity index is 1010. The molecule has 1 aromatic carbocycles. The molecule has 3 fully saturated rings. The number of sulfonamides is 1. The van der Waals surface area contributed by atoms with Crippen LogP contribution in [0.15, 0.2) is 33.6 Å². The Labute approximate surface area is 181 Å². The predicted octanol–water partition coefficient (Wildman–Crippen LogP) is 1.48. The maximum atomic E-state index is 13.0. The Morgan fingerprint density at radius 1 is 1.26 bits per heavy atom. The SMILES string of the molecule is Cc1ccc(S(=O)(=O)/N=C2\CC[C@H]([N+](=O)[O-])[C@H]3[C@@H]4OC(C)(C)O[C@@H]4[C@@H]([C@H](C)O)N23)cc1. The Kier molecular flexibility index (Phi) is 5.36. The van der Waals surface area contributed by atoms with Crippen LogP contribution in [0.3, 0.4) is 0 Å². The number of aliphatic hydroxyl groups excluding tert-OH is 1. The lowest BCUT2D eigenvalue weighted by Gasteiger charge is -2.41. The third-order valence-electron chi connectivity index (χ3n) is 6.14. The molecule has 10 nitrogen and oxygen atoms in total. The lowest BCUT2D eigenvalue weighted by atomic mass is 9.94. The first-order valence-electron chi connectivity index (χ1n) is 10.3. The van der Waals surface area contributed by atoms with Crippen LogP contribution in [0.25, 0.3) is 0 Å². The Morgan fingerprint density at radius 2 is 1.87 bits per heavy atom. The molecule has 31 heavy (non-hydrogen) atoms. The van der Waals surface area contributed by atoms with Crippen molar-refractivity contribution in [3.63, 3.8) is 0 Å². The van der Waals surface area contributed by atoms with E-state index in [1.807, 2.05) is 6.92 Å². The number of aliphatic hydroxyl groups is 1. The van der Waals surface area contributed by atoms with Gasteiger partial charge in [-0.05, 0) is 39.8 Å². The summed E-state index contributed by atoms with van der Waals surface area (Å²) in [6, 6.07) is 3.83. The normalized spacial score (nSPS) is 34.4. The average molecular weight is 454 g/mol. The molecule has 6 atom stereocenters. The van der Waals surface area contributed by atoms with Crippen molar-refractivity contribution in [1.82, 2.24) is 4.90 Å². The van der Waals surface area contributed by atoms with E-state index in [0.717, 1.165) is 5.56 Å². The standard InChI is InChI=1S/C20H27N3O7S/c1-11-5-7-13(8-6-11)31(27,28)21-15-10-9-14(23(25)26)17-19-18(29-20(3,4)30-19)16(12(2)24)22(15)17/h5-8,12,14,16-19,24H,9-10H2,1-4H3/b21-15+/t12-,14-,16+,17-,18+,19-/m0/s1. The molecular formula is C20H27N3O7S. The Balaban J connectivity index is 1.79. The van der Waals surface area contributed by atoms with Crippen molar-refractivity contribution in [2.24, 2.45) is 4.40 Å². The molecule has 0 saturated carbocycles. The molecule has 1 N–H and O–H groups in total. The summed E-state index contributed by atoms with van der Waals surface area (Å²) >= 11 is 0. The van der Waals surface area contributed by atoms with Crippen LogP contribution in [-0.4, -0.2) is 71.4 Å². The third kappa shape index (κ3) is 3.84. The number of ether oxygens (including phenoxy) is 2. The lowest BCUT2D eigenvalue weighted by molar-refractivity contribution is -0.533. The van der Waals surface area contributed by atoms with E-state index in [-0.39, 0.29) is 28.5 Å². The lowest BCUT2D eigenvalue weighted by Crippen LogP contribution is -2.58. The monoisotopic (exact) mass is 453 g/mol. The molecule has 0 amide bonds. The van der Waals surface area contributed by atoms with Gasteiger partial charge in [0.2, 0.25) is 6.04 Å². The van der Waals surface area contributed by atoms with Crippen molar-refractivity contribution < 1.29 is 27.9 Å². The number of amidine groups is 1. The van der Waals surface area contributed by atoms with Crippen molar-refractivity contribution in [2.75, 3.05) is 0 Å². The van der Waals surface area contributed by atoms with Crippen LogP contribution < -0.4 is 0 Å². The summed E-state index contributed by atoms with van der Waals surface area (Å²) in [7, 11) is -4.04. The minimum absolute atomic E-state index is 0.0418. The van der Waals surface area contributed by atoms with Crippen LogP contribution in [0.4, 0.5) is 0 Å². The highest BCUT2D eigenvalue weighted by Crippen LogP contribution is 2.45. The zero-order valence-electron chi connectivity index (χ0n) is 17.8. The zero-order valence-corrected chi connectivity index (χ0v) is 18.7. The van der Waals surface area contributed by atoms with E-state index in [4.69, 9.17) is 9.47 Å². The minimum Gasteiger partial charge on any atom is -0.391 e. The van der Waals surface area contributed by atoms with Crippen molar-refractivity contribution >= 4 is 15.9 Å². The van der Waals surface area contributed by atoms with Gasteiger partial charge in [-0.25, -0.2) is 0 Å². The topological polar surface area (TPSA) is 132 Å². The summed E-state index contributed by atoms with van der Waals surface area (Å²) in [6.07, 6.45) is -2.06. The van der Waals surface area contributed by atoms with Gasteiger partial charge in [0.1, 0.15) is 24.1 Å². The predicted molar refractivity (Wildman–Crippen MR) is 111 cm³/mol. The van der Waals surface area contributed by atoms with Crippen LogP contribution in [-0.2, 0) is 19.5 Å². The number of nitro groups is 1. The molecule has 3 aliphatic heterocycles. The number of hydrogen-bond donors (Lipinski definition) is 1. The number of nitrogens with zero attached hydrogens (tertiary/aromatic N) is 3. The fourth-order valence-corrected chi connectivity index (χ4v) is 5.97. The van der Waals surface area contributed by atoms with Crippen LogP contribution >= 0.6 is 0 Å². The molecule has 3 aliphatic rings. The molecular weight excluding hydrogens is 426 g/mol. The molecule has 170 valence electrons. The fourth-order valence-electron chi connectivity index (χ4n) is 4.92. The van der Waals surface area contributed by atoms with Gasteiger partial charge in [-0.15, -0.1) is 4.40 Å². The maximum Gasteiger partial charge on any atom is 0.283 e. The molecule has 0 bridgehead atoms. The van der Waals surface area contributed by atoms with E-state index in [1.54, 1.807) is 37.8 Å². The quantitative estimate of drug-likeness (QED) is 0.536. The molecule has 3 saturated heterocycles. The number of hydrogen-bond acceptors (Lipinski definition) is 7. The molecule has 0 spiro atoms. The average Bonchev–Trinajstić information content (AvgIpc) is 3.12. The largest absolute Gasteiger partial charge is 0.391 e. The summed E-state index contributed by atoms with van der Waals surface area (Å²) in [5.74, 6) is -0.771. The highest BCUT2D eigenvalue weighted by molar-refractivity contribution is 7.90. The smallest absolute Gasteiger partial charge is 0.283 e. The van der Waals surface area contributed by atoms with Gasteiger partial charge in [-0.2, -0.15) is 8.42 Å². The van der Waals surface area contributed by atoms with Crippen molar-refractivity contribution in [3.8, 4) is 0 Å². The van der Waals surface area contributed by atoms with Gasteiger partial charge >= 0.3 is 0 Å². The van der Waals surface area contributed by atoms with Gasteiger partial charge in [-0.1, -0.05) is 17.7 Å². The summed E-state index contributed by atoms with van der Waals surface area (Å²) < 4.78 is 42.0. The van der Waals surface area contributed by atoms with Gasteiger partial charge in [0.25, 0.3) is 10.0 Å². The second-order valence-corrected chi connectivity index (χ2v) is 10.5.